The standard InChI is InChI=1S/C16H17N3O6S/c1-11(15(20)17-10-12-4-3-8-24-12)25-16(21)13-5-2-6-19-7-9-26(22,23)18-14(13)19/h2-6,8,11H,7,9-10H2,1H3,(H,17,20)/t11-/m1/s1. The van der Waals surface area contributed by atoms with E-state index in [9.17, 15) is 18.0 Å². The van der Waals surface area contributed by atoms with Gasteiger partial charge in [0.25, 0.3) is 15.9 Å². The quantitative estimate of drug-likeness (QED) is 0.732. The van der Waals surface area contributed by atoms with Crippen molar-refractivity contribution in [2.24, 2.45) is 4.40 Å². The van der Waals surface area contributed by atoms with Gasteiger partial charge in [-0.2, -0.15) is 0 Å². The number of amidine groups is 1. The van der Waals surface area contributed by atoms with Crippen LogP contribution < -0.4 is 5.32 Å². The Kier molecular flexibility index (Phi) is 4.94. The molecule has 3 rings (SSSR count). The number of allylic oxidation sites excluding steroid dienone is 2. The summed E-state index contributed by atoms with van der Waals surface area (Å²) in [6.07, 6.45) is 5.04. The number of rotatable bonds is 5. The van der Waals surface area contributed by atoms with Crippen molar-refractivity contribution in [3.63, 3.8) is 0 Å². The minimum absolute atomic E-state index is 0.00643. The second kappa shape index (κ2) is 7.16. The molecule has 0 spiro atoms. The molecule has 0 fully saturated rings. The van der Waals surface area contributed by atoms with E-state index >= 15 is 0 Å². The molecular weight excluding hydrogens is 362 g/mol. The second-order valence-electron chi connectivity index (χ2n) is 5.66. The van der Waals surface area contributed by atoms with Gasteiger partial charge >= 0.3 is 5.97 Å². The Bertz CT molecular complexity index is 898. The smallest absolute Gasteiger partial charge is 0.342 e. The van der Waals surface area contributed by atoms with E-state index in [0.29, 0.717) is 5.76 Å². The van der Waals surface area contributed by atoms with Crippen LogP contribution in [0, 0.1) is 0 Å². The van der Waals surface area contributed by atoms with Gasteiger partial charge in [0.1, 0.15) is 11.3 Å². The highest BCUT2D eigenvalue weighted by molar-refractivity contribution is 7.90. The zero-order chi connectivity index (χ0) is 18.7. The molecule has 2 aliphatic rings. The molecule has 0 aromatic carbocycles. The lowest BCUT2D eigenvalue weighted by Crippen LogP contribution is -2.41. The van der Waals surface area contributed by atoms with Gasteiger partial charge in [-0.1, -0.05) is 0 Å². The molecule has 0 saturated carbocycles. The van der Waals surface area contributed by atoms with E-state index < -0.39 is 28.0 Å². The number of hydrogen-bond donors (Lipinski definition) is 1. The van der Waals surface area contributed by atoms with Gasteiger partial charge in [0.2, 0.25) is 0 Å². The van der Waals surface area contributed by atoms with Crippen LogP contribution in [0.1, 0.15) is 12.7 Å². The summed E-state index contributed by atoms with van der Waals surface area (Å²) in [6, 6.07) is 3.39. The maximum absolute atomic E-state index is 12.4. The molecule has 0 radical (unpaired) electrons. The minimum atomic E-state index is -3.62. The van der Waals surface area contributed by atoms with Gasteiger partial charge in [0, 0.05) is 12.7 Å². The zero-order valence-corrected chi connectivity index (χ0v) is 14.7. The Balaban J connectivity index is 1.65. The van der Waals surface area contributed by atoms with Gasteiger partial charge in [0.15, 0.2) is 11.9 Å². The maximum atomic E-state index is 12.4. The van der Waals surface area contributed by atoms with E-state index in [1.807, 2.05) is 0 Å². The van der Waals surface area contributed by atoms with Gasteiger partial charge < -0.3 is 19.4 Å². The number of carbonyl (C=O) groups is 2. The number of amides is 1. The number of carbonyl (C=O) groups excluding carboxylic acids is 2. The molecule has 26 heavy (non-hydrogen) atoms. The first-order valence-corrected chi connectivity index (χ1v) is 9.46. The normalized spacial score (nSPS) is 19.0. The lowest BCUT2D eigenvalue weighted by Gasteiger charge is -2.28. The first-order chi connectivity index (χ1) is 12.4. The molecule has 0 aliphatic carbocycles. The van der Waals surface area contributed by atoms with Crippen LogP contribution in [0.5, 0.6) is 0 Å². The summed E-state index contributed by atoms with van der Waals surface area (Å²) >= 11 is 0. The van der Waals surface area contributed by atoms with Crippen LogP contribution in [0.3, 0.4) is 0 Å². The number of furan rings is 1. The zero-order valence-electron chi connectivity index (χ0n) is 13.9. The number of ether oxygens (including phenoxy) is 1. The van der Waals surface area contributed by atoms with Crippen LogP contribution in [-0.2, 0) is 30.9 Å². The van der Waals surface area contributed by atoms with Gasteiger partial charge in [-0.15, -0.1) is 4.40 Å². The summed E-state index contributed by atoms with van der Waals surface area (Å²) in [7, 11) is -3.62. The molecule has 0 saturated heterocycles. The maximum Gasteiger partial charge on any atom is 0.342 e. The number of nitrogens with one attached hydrogen (secondary N) is 1. The van der Waals surface area contributed by atoms with Crippen LogP contribution >= 0.6 is 0 Å². The van der Waals surface area contributed by atoms with E-state index in [4.69, 9.17) is 9.15 Å². The van der Waals surface area contributed by atoms with E-state index in [1.54, 1.807) is 29.3 Å². The molecule has 1 N–H and O–H groups in total. The van der Waals surface area contributed by atoms with Gasteiger partial charge in [-0.3, -0.25) is 4.79 Å². The average Bonchev–Trinajstić information content (AvgIpc) is 3.11. The molecule has 0 bridgehead atoms. The predicted octanol–water partition coefficient (Wildman–Crippen LogP) is 0.325. The number of sulfonamides is 1. The second-order valence-corrected chi connectivity index (χ2v) is 7.42. The fourth-order valence-electron chi connectivity index (χ4n) is 2.38. The Labute approximate surface area is 150 Å². The summed E-state index contributed by atoms with van der Waals surface area (Å²) in [6.45, 7) is 1.78. The molecular formula is C16H17N3O6S. The summed E-state index contributed by atoms with van der Waals surface area (Å²) < 4.78 is 37.3. The van der Waals surface area contributed by atoms with Crippen LogP contribution in [0.25, 0.3) is 0 Å². The largest absolute Gasteiger partial charge is 0.467 e. The van der Waals surface area contributed by atoms with Crippen molar-refractivity contribution in [2.75, 3.05) is 12.3 Å². The van der Waals surface area contributed by atoms with Crippen LogP contribution in [0.15, 0.2) is 51.1 Å². The molecule has 3 heterocycles. The Morgan fingerprint density at radius 2 is 2.27 bits per heavy atom. The van der Waals surface area contributed by atoms with Crippen molar-refractivity contribution >= 4 is 27.7 Å². The lowest BCUT2D eigenvalue weighted by molar-refractivity contribution is -0.150. The number of fused-ring (bicyclic) bond motifs is 1. The fourth-order valence-corrected chi connectivity index (χ4v) is 3.37. The Morgan fingerprint density at radius 3 is 3.00 bits per heavy atom. The summed E-state index contributed by atoms with van der Waals surface area (Å²) in [5.74, 6) is -0.886. The number of nitrogens with zero attached hydrogens (tertiary/aromatic N) is 2. The molecule has 138 valence electrons. The minimum Gasteiger partial charge on any atom is -0.467 e. The Hall–Kier alpha value is -2.88. The number of esters is 1. The van der Waals surface area contributed by atoms with Crippen LogP contribution in [0.2, 0.25) is 0 Å². The predicted molar refractivity (Wildman–Crippen MR) is 91.3 cm³/mol. The third kappa shape index (κ3) is 4.02. The van der Waals surface area contributed by atoms with Crippen molar-refractivity contribution in [3.8, 4) is 0 Å². The summed E-state index contributed by atoms with van der Waals surface area (Å²) in [4.78, 5) is 26.0. The fraction of sp³-hybridized carbons (Fsp3) is 0.312. The highest BCUT2D eigenvalue weighted by Gasteiger charge is 2.32. The molecule has 10 heteroatoms. The molecule has 1 atom stereocenters. The van der Waals surface area contributed by atoms with Crippen LogP contribution in [-0.4, -0.2) is 49.4 Å². The Morgan fingerprint density at radius 1 is 1.46 bits per heavy atom. The highest BCUT2D eigenvalue weighted by Crippen LogP contribution is 2.19. The van der Waals surface area contributed by atoms with Crippen molar-refractivity contribution in [2.45, 2.75) is 19.6 Å². The third-order valence-corrected chi connectivity index (χ3v) is 4.90. The van der Waals surface area contributed by atoms with Crippen molar-refractivity contribution in [3.05, 3.63) is 48.1 Å². The monoisotopic (exact) mass is 379 g/mol. The van der Waals surface area contributed by atoms with E-state index in [0.717, 1.165) is 0 Å². The number of hydrogen-bond acceptors (Lipinski definition) is 7. The van der Waals surface area contributed by atoms with E-state index in [1.165, 1.54) is 19.3 Å². The highest BCUT2D eigenvalue weighted by atomic mass is 32.2. The van der Waals surface area contributed by atoms with Crippen molar-refractivity contribution in [1.82, 2.24) is 10.2 Å². The summed E-state index contributed by atoms with van der Waals surface area (Å²) in [5, 5.41) is 2.58. The van der Waals surface area contributed by atoms with Gasteiger partial charge in [-0.25, -0.2) is 13.2 Å². The lowest BCUT2D eigenvalue weighted by atomic mass is 10.1. The topological polar surface area (TPSA) is 118 Å². The first kappa shape index (κ1) is 17.9. The first-order valence-electron chi connectivity index (χ1n) is 7.85. The van der Waals surface area contributed by atoms with Crippen molar-refractivity contribution < 1.29 is 27.2 Å². The molecule has 9 nitrogen and oxygen atoms in total. The average molecular weight is 379 g/mol. The van der Waals surface area contributed by atoms with Gasteiger partial charge in [-0.05, 0) is 31.2 Å². The van der Waals surface area contributed by atoms with Crippen molar-refractivity contribution in [1.29, 1.82) is 0 Å². The SMILES string of the molecule is C[C@@H](OC(=O)C1=CC=CN2CCS(=O)(=O)N=C12)C(=O)NCc1ccco1. The van der Waals surface area contributed by atoms with Gasteiger partial charge in [0.05, 0.1) is 18.6 Å². The molecule has 1 aromatic rings. The molecule has 0 unspecified atom stereocenters. The molecule has 1 aromatic heterocycles. The van der Waals surface area contributed by atoms with E-state index in [2.05, 4.69) is 9.71 Å². The summed E-state index contributed by atoms with van der Waals surface area (Å²) in [5.41, 5.74) is -0.0125. The third-order valence-electron chi connectivity index (χ3n) is 3.75. The molecule has 2 aliphatic heterocycles. The molecule has 1 amide bonds. The van der Waals surface area contributed by atoms with Crippen LogP contribution in [0.4, 0.5) is 0 Å². The van der Waals surface area contributed by atoms with E-state index in [-0.39, 0.29) is 30.3 Å².